The van der Waals surface area contributed by atoms with Gasteiger partial charge in [-0.15, -0.1) is 0 Å². The second-order valence-electron chi connectivity index (χ2n) is 26.7. The molecule has 2 aliphatic rings. The van der Waals surface area contributed by atoms with Crippen LogP contribution in [-0.2, 0) is 5.41 Å². The summed E-state index contributed by atoms with van der Waals surface area (Å²) in [6, 6.07) is 117. The number of aromatic nitrogens is 4. The van der Waals surface area contributed by atoms with Crippen LogP contribution in [0.25, 0.3) is 132 Å². The van der Waals surface area contributed by atoms with Gasteiger partial charge in [-0.05, 0) is 0 Å². The van der Waals surface area contributed by atoms with Gasteiger partial charge in [0.15, 0.2) is 0 Å². The summed E-state index contributed by atoms with van der Waals surface area (Å²) in [5.41, 5.74) is 27.3. The van der Waals surface area contributed by atoms with Gasteiger partial charge in [-0.2, -0.15) is 0 Å². The van der Waals surface area contributed by atoms with Gasteiger partial charge in [-0.3, -0.25) is 0 Å². The van der Waals surface area contributed by atoms with Crippen LogP contribution in [0.4, 0.5) is 17.1 Å². The molecule has 0 saturated heterocycles. The summed E-state index contributed by atoms with van der Waals surface area (Å²) in [6.07, 6.45) is 0. The monoisotopic (exact) mass is 1280 g/mol. The van der Waals surface area contributed by atoms with Gasteiger partial charge in [0.2, 0.25) is 0 Å². The predicted octanol–water partition coefficient (Wildman–Crippen LogP) is 19.0. The van der Waals surface area contributed by atoms with Gasteiger partial charge in [0.1, 0.15) is 0 Å². The second-order valence-corrected chi connectivity index (χ2v) is 29.0. The third-order valence-corrected chi connectivity index (χ3v) is 22.9. The molecule has 0 atom stereocenters. The van der Waals surface area contributed by atoms with Crippen molar-refractivity contribution in [2.24, 2.45) is 0 Å². The van der Waals surface area contributed by atoms with Crippen molar-refractivity contribution in [1.82, 2.24) is 18.3 Å². The molecule has 7 heteroatoms. The topological polar surface area (TPSA) is 23.0 Å². The fourth-order valence-corrected chi connectivity index (χ4v) is 19.1. The fourth-order valence-electron chi connectivity index (χ4n) is 16.5. The second kappa shape index (κ2) is 20.6. The quantitative estimate of drug-likeness (QED) is 0.146. The van der Waals surface area contributed by atoms with Crippen molar-refractivity contribution < 1.29 is 0 Å². The van der Waals surface area contributed by atoms with Crippen LogP contribution in [0, 0.1) is 0 Å². The molecule has 446 valence electrons. The van der Waals surface area contributed by atoms with Crippen molar-refractivity contribution in [2.75, 3.05) is 4.90 Å². The molecule has 0 spiro atoms. The standard InChI is InChI=1S/C88H60BN5Se/c1-88(2,3)55-51-81-84-83(52-55)95-82-54-59(91-76-43-18-12-31-62(76)63-32-13-19-44-77(63)91)48-50-73(82)89(84)72-49-47-58(90-74-41-16-10-29-60(74)61-30-11-17-42-75(61)90)53-80(72)94(81)87-70(68-37-22-35-66-64-33-14-20-45-78(64)92(85(66)68)56-25-6-4-7-26-56)39-24-40-71(87)69-38-23-36-67-65-34-15-21-46-79(65)93(86(67)69)57-27-8-5-9-28-57/h4-54H,1-3H3. The Bertz CT molecular complexity index is 5980. The molecule has 95 heavy (non-hydrogen) atoms. The molecule has 0 unspecified atom stereocenters. The predicted molar refractivity (Wildman–Crippen MR) is 404 cm³/mol. The van der Waals surface area contributed by atoms with E-state index in [-0.39, 0.29) is 27.1 Å². The van der Waals surface area contributed by atoms with Crippen LogP contribution >= 0.6 is 0 Å². The summed E-state index contributed by atoms with van der Waals surface area (Å²) in [7, 11) is 0. The first-order valence-corrected chi connectivity index (χ1v) is 34.7. The Balaban J connectivity index is 0.942. The van der Waals surface area contributed by atoms with Gasteiger partial charge in [0.25, 0.3) is 0 Å². The Kier molecular flexibility index (Phi) is 11.8. The zero-order valence-corrected chi connectivity index (χ0v) is 54.4. The summed E-state index contributed by atoms with van der Waals surface area (Å²) < 4.78 is 12.9. The Hall–Kier alpha value is -11.3. The maximum absolute atomic E-state index is 2.76. The molecule has 2 aliphatic heterocycles. The van der Waals surface area contributed by atoms with Gasteiger partial charge in [-0.1, -0.05) is 12.1 Å². The molecule has 0 fully saturated rings. The van der Waals surface area contributed by atoms with E-state index in [1.54, 1.807) is 0 Å². The van der Waals surface area contributed by atoms with Crippen LogP contribution in [-0.4, -0.2) is 39.9 Å². The first-order chi connectivity index (χ1) is 46.8. The first-order valence-electron chi connectivity index (χ1n) is 33.0. The average molecular weight is 1280 g/mol. The van der Waals surface area contributed by atoms with E-state index in [0.717, 1.165) is 50.7 Å². The van der Waals surface area contributed by atoms with Crippen LogP contribution in [0.1, 0.15) is 26.3 Å². The van der Waals surface area contributed by atoms with Crippen LogP contribution in [0.5, 0.6) is 0 Å². The zero-order chi connectivity index (χ0) is 62.8. The third-order valence-electron chi connectivity index (χ3n) is 20.5. The van der Waals surface area contributed by atoms with Gasteiger partial charge in [-0.25, -0.2) is 0 Å². The molecular formula is C88H60BN5Se. The molecule has 5 nitrogen and oxygen atoms in total. The van der Waals surface area contributed by atoms with Crippen LogP contribution in [0.2, 0.25) is 0 Å². The van der Waals surface area contributed by atoms with Gasteiger partial charge in [0.05, 0.1) is 0 Å². The van der Waals surface area contributed by atoms with Crippen molar-refractivity contribution in [3.63, 3.8) is 0 Å². The van der Waals surface area contributed by atoms with Crippen LogP contribution in [0.3, 0.4) is 0 Å². The van der Waals surface area contributed by atoms with E-state index in [1.807, 2.05) is 0 Å². The van der Waals surface area contributed by atoms with E-state index in [9.17, 15) is 0 Å². The number of benzene rings is 14. The zero-order valence-electron chi connectivity index (χ0n) is 52.7. The SMILES string of the molecule is CC(C)(C)c1cc2c3c(c1)N(c1c(-c4cccc5c6ccccc6n(-c6ccccc6)c45)cccc1-c1cccc4c5ccccc5n(-c5ccccc5)c14)c1cc(-n4c5ccccc5c5ccccc54)ccc1B3c1ccc(-n3c4ccccc4c4ccccc43)cc1[Se]2. The van der Waals surface area contributed by atoms with Gasteiger partial charge >= 0.3 is 548 Å². The van der Waals surface area contributed by atoms with Crippen LogP contribution < -0.4 is 30.2 Å². The Morgan fingerprint density at radius 1 is 0.284 bits per heavy atom. The Morgan fingerprint density at radius 2 is 0.663 bits per heavy atom. The van der Waals surface area contributed by atoms with E-state index in [1.165, 1.54) is 129 Å². The maximum atomic E-state index is 2.76. The molecule has 6 heterocycles. The van der Waals surface area contributed by atoms with Crippen LogP contribution in [0.15, 0.2) is 309 Å². The summed E-state index contributed by atoms with van der Waals surface area (Å²) in [4.78, 5) is 2.76. The first kappa shape index (κ1) is 54.2. The van der Waals surface area contributed by atoms with Crippen molar-refractivity contribution in [3.05, 3.63) is 315 Å². The van der Waals surface area contributed by atoms with E-state index < -0.39 is 0 Å². The van der Waals surface area contributed by atoms with E-state index in [0.29, 0.717) is 0 Å². The third kappa shape index (κ3) is 7.92. The molecule has 0 radical (unpaired) electrons. The molecule has 0 bridgehead atoms. The van der Waals surface area contributed by atoms with Crippen molar-refractivity contribution in [1.29, 1.82) is 0 Å². The molecule has 0 N–H and O–H groups in total. The fraction of sp³-hybridized carbons (Fsp3) is 0.0455. The molecule has 0 amide bonds. The number of anilines is 3. The van der Waals surface area contributed by atoms with Crippen molar-refractivity contribution >= 4 is 151 Å². The molecule has 18 aromatic rings. The molecular weight excluding hydrogens is 1220 g/mol. The van der Waals surface area contributed by atoms with E-state index >= 15 is 0 Å². The van der Waals surface area contributed by atoms with E-state index in [2.05, 4.69) is 353 Å². The van der Waals surface area contributed by atoms with Gasteiger partial charge < -0.3 is 0 Å². The normalized spacial score (nSPS) is 12.9. The summed E-state index contributed by atoms with van der Waals surface area (Å²) in [5, 5.41) is 9.88. The molecule has 4 aromatic heterocycles. The Labute approximate surface area is 556 Å². The number of hydrogen-bond acceptors (Lipinski definition) is 1. The summed E-state index contributed by atoms with van der Waals surface area (Å²) in [6.45, 7) is 7.12. The minimum atomic E-state index is -0.203. The summed E-state index contributed by atoms with van der Waals surface area (Å²) in [5.74, 6) is 0. The van der Waals surface area contributed by atoms with E-state index in [4.69, 9.17) is 0 Å². The summed E-state index contributed by atoms with van der Waals surface area (Å²) >= 11 is -0.0786. The molecule has 14 aromatic carbocycles. The number of fused-ring (bicyclic) bond motifs is 16. The molecule has 20 rings (SSSR count). The Morgan fingerprint density at radius 3 is 1.13 bits per heavy atom. The number of hydrogen-bond donors (Lipinski definition) is 0. The number of para-hydroxylation sites is 11. The average Bonchev–Trinajstić information content (AvgIpc) is 1.58. The number of rotatable bonds is 7. The molecule has 0 saturated carbocycles. The van der Waals surface area contributed by atoms with Gasteiger partial charge in [0, 0.05) is 0 Å². The minimum absolute atomic E-state index is 0.0750. The van der Waals surface area contributed by atoms with Crippen molar-refractivity contribution in [2.45, 2.75) is 26.2 Å². The number of nitrogens with zero attached hydrogens (tertiary/aromatic N) is 5. The van der Waals surface area contributed by atoms with Crippen molar-refractivity contribution in [3.8, 4) is 45.0 Å². The molecule has 0 aliphatic carbocycles.